The van der Waals surface area contributed by atoms with Crippen LogP contribution < -0.4 is 16.6 Å². The van der Waals surface area contributed by atoms with Crippen LogP contribution in [0.2, 0.25) is 0 Å². The van der Waals surface area contributed by atoms with E-state index in [1.54, 1.807) is 23.4 Å². The highest BCUT2D eigenvalue weighted by atomic mass is 32.2. The molecule has 0 unspecified atom stereocenters. The fourth-order valence-corrected chi connectivity index (χ4v) is 4.75. The van der Waals surface area contributed by atoms with Crippen LogP contribution in [-0.2, 0) is 25.4 Å². The van der Waals surface area contributed by atoms with E-state index in [9.17, 15) is 14.4 Å². The third kappa shape index (κ3) is 4.84. The van der Waals surface area contributed by atoms with Crippen molar-refractivity contribution < 1.29 is 4.79 Å². The molecule has 4 aromatic rings. The molecule has 0 radical (unpaired) electrons. The number of aryl methyl sites for hydroxylation is 4. The molecule has 2 heterocycles. The van der Waals surface area contributed by atoms with Crippen molar-refractivity contribution in [2.75, 3.05) is 5.32 Å². The van der Waals surface area contributed by atoms with Crippen molar-refractivity contribution in [3.63, 3.8) is 0 Å². The van der Waals surface area contributed by atoms with Crippen molar-refractivity contribution in [1.82, 2.24) is 18.7 Å². The van der Waals surface area contributed by atoms with Crippen molar-refractivity contribution >= 4 is 34.5 Å². The third-order valence-corrected chi connectivity index (χ3v) is 6.90. The normalized spacial score (nSPS) is 11.2. The van der Waals surface area contributed by atoms with Gasteiger partial charge in [0.15, 0.2) is 11.2 Å². The molecule has 34 heavy (non-hydrogen) atoms. The van der Waals surface area contributed by atoms with Gasteiger partial charge in [-0.15, -0.1) is 0 Å². The summed E-state index contributed by atoms with van der Waals surface area (Å²) in [4.78, 5) is 43.5. The fourth-order valence-electron chi connectivity index (χ4n) is 3.75. The maximum Gasteiger partial charge on any atom is 0.332 e. The highest BCUT2D eigenvalue weighted by Gasteiger charge is 2.14. The summed E-state index contributed by atoms with van der Waals surface area (Å²) < 4.78 is 4.11. The van der Waals surface area contributed by atoms with Gasteiger partial charge in [-0.2, -0.15) is 0 Å². The summed E-state index contributed by atoms with van der Waals surface area (Å²) in [6, 6.07) is 14.2. The van der Waals surface area contributed by atoms with E-state index >= 15 is 0 Å². The Morgan fingerprint density at radius 2 is 1.76 bits per heavy atom. The van der Waals surface area contributed by atoms with Crippen LogP contribution in [0.25, 0.3) is 11.2 Å². The van der Waals surface area contributed by atoms with E-state index in [-0.39, 0.29) is 11.5 Å². The van der Waals surface area contributed by atoms with Gasteiger partial charge in [-0.05, 0) is 61.7 Å². The predicted octanol–water partition coefficient (Wildman–Crippen LogP) is 3.62. The van der Waals surface area contributed by atoms with E-state index in [1.165, 1.54) is 34.0 Å². The molecule has 2 aromatic carbocycles. The van der Waals surface area contributed by atoms with Gasteiger partial charge in [0.1, 0.15) is 0 Å². The standard InChI is InChI=1S/C25H27N5O3S/c1-16-7-8-17(2)20(14-16)34-19-11-9-18(10-12-19)27-21(31)6-5-13-30-15-26-23-22(30)24(32)29(4)25(33)28(23)3/h7-12,14-15H,5-6,13H2,1-4H3,(H,27,31). The molecule has 0 saturated heterocycles. The first-order chi connectivity index (χ1) is 16.2. The largest absolute Gasteiger partial charge is 0.332 e. The minimum absolute atomic E-state index is 0.0975. The molecule has 0 aliphatic carbocycles. The number of nitrogens with zero attached hydrogens (tertiary/aromatic N) is 4. The zero-order valence-electron chi connectivity index (χ0n) is 19.7. The van der Waals surface area contributed by atoms with Crippen LogP contribution in [0.3, 0.4) is 0 Å². The van der Waals surface area contributed by atoms with Gasteiger partial charge in [0.05, 0.1) is 6.33 Å². The lowest BCUT2D eigenvalue weighted by molar-refractivity contribution is -0.116. The van der Waals surface area contributed by atoms with Crippen molar-refractivity contribution in [3.05, 3.63) is 80.8 Å². The first kappa shape index (κ1) is 23.6. The van der Waals surface area contributed by atoms with Gasteiger partial charge in [0, 0.05) is 42.5 Å². The van der Waals surface area contributed by atoms with Gasteiger partial charge in [-0.1, -0.05) is 23.9 Å². The zero-order chi connectivity index (χ0) is 24.4. The summed E-state index contributed by atoms with van der Waals surface area (Å²) >= 11 is 1.70. The first-order valence-electron chi connectivity index (χ1n) is 11.0. The summed E-state index contributed by atoms with van der Waals surface area (Å²) in [6.45, 7) is 4.63. The minimum atomic E-state index is -0.416. The minimum Gasteiger partial charge on any atom is -0.326 e. The molecular weight excluding hydrogens is 450 g/mol. The number of hydrogen-bond acceptors (Lipinski definition) is 5. The molecule has 0 spiro atoms. The SMILES string of the molecule is Cc1ccc(C)c(Sc2ccc(NC(=O)CCCn3cnc4c3c(=O)n(C)c(=O)n4C)cc2)c1. The molecule has 0 aliphatic heterocycles. The van der Waals surface area contributed by atoms with Crippen LogP contribution in [0.15, 0.2) is 68.2 Å². The van der Waals surface area contributed by atoms with Crippen LogP contribution in [0.1, 0.15) is 24.0 Å². The number of rotatable bonds is 7. The molecule has 176 valence electrons. The number of anilines is 1. The van der Waals surface area contributed by atoms with Gasteiger partial charge in [0.25, 0.3) is 5.56 Å². The molecule has 0 bridgehead atoms. The lowest BCUT2D eigenvalue weighted by Crippen LogP contribution is -2.37. The van der Waals surface area contributed by atoms with Gasteiger partial charge in [-0.25, -0.2) is 9.78 Å². The Morgan fingerprint density at radius 3 is 2.50 bits per heavy atom. The first-order valence-corrected chi connectivity index (χ1v) is 11.8. The number of amides is 1. The second kappa shape index (κ2) is 9.72. The monoisotopic (exact) mass is 477 g/mol. The number of hydrogen-bond donors (Lipinski definition) is 1. The van der Waals surface area contributed by atoms with Crippen molar-refractivity contribution in [1.29, 1.82) is 0 Å². The van der Waals surface area contributed by atoms with E-state index in [2.05, 4.69) is 42.3 Å². The lowest BCUT2D eigenvalue weighted by atomic mass is 10.2. The Labute approximate surface area is 201 Å². The molecule has 0 atom stereocenters. The molecule has 8 nitrogen and oxygen atoms in total. The van der Waals surface area contributed by atoms with Crippen molar-refractivity contribution in [3.8, 4) is 0 Å². The average molecular weight is 478 g/mol. The number of imidazole rings is 1. The molecule has 1 N–H and O–H groups in total. The second-order valence-electron chi connectivity index (χ2n) is 8.36. The molecule has 4 rings (SSSR count). The van der Waals surface area contributed by atoms with E-state index in [4.69, 9.17) is 0 Å². The molecule has 0 saturated carbocycles. The van der Waals surface area contributed by atoms with Crippen LogP contribution in [0, 0.1) is 13.8 Å². The van der Waals surface area contributed by atoms with Gasteiger partial charge < -0.3 is 9.88 Å². The van der Waals surface area contributed by atoms with E-state index < -0.39 is 5.69 Å². The third-order valence-electron chi connectivity index (χ3n) is 5.73. The summed E-state index contributed by atoms with van der Waals surface area (Å²) in [5.41, 5.74) is 3.11. The number of carbonyl (C=O) groups is 1. The Kier molecular flexibility index (Phi) is 6.74. The number of fused-ring (bicyclic) bond motifs is 1. The molecule has 0 fully saturated rings. The maximum absolute atomic E-state index is 12.5. The van der Waals surface area contributed by atoms with Gasteiger partial charge >= 0.3 is 5.69 Å². The quantitative estimate of drug-likeness (QED) is 0.439. The lowest BCUT2D eigenvalue weighted by Gasteiger charge is -2.09. The maximum atomic E-state index is 12.5. The number of nitrogens with one attached hydrogen (secondary N) is 1. The summed E-state index contributed by atoms with van der Waals surface area (Å²) in [6.07, 6.45) is 2.37. The molecular formula is C25H27N5O3S. The van der Waals surface area contributed by atoms with Crippen LogP contribution >= 0.6 is 11.8 Å². The van der Waals surface area contributed by atoms with Crippen LogP contribution in [0.4, 0.5) is 5.69 Å². The highest BCUT2D eigenvalue weighted by molar-refractivity contribution is 7.99. The van der Waals surface area contributed by atoms with Crippen molar-refractivity contribution in [2.24, 2.45) is 14.1 Å². The van der Waals surface area contributed by atoms with Gasteiger partial charge in [-0.3, -0.25) is 18.7 Å². The van der Waals surface area contributed by atoms with Crippen LogP contribution in [-0.4, -0.2) is 24.6 Å². The fraction of sp³-hybridized carbons (Fsp3) is 0.280. The Hall–Kier alpha value is -3.59. The Balaban J connectivity index is 1.35. The van der Waals surface area contributed by atoms with Gasteiger partial charge in [0.2, 0.25) is 5.91 Å². The van der Waals surface area contributed by atoms with E-state index in [1.807, 2.05) is 24.3 Å². The zero-order valence-corrected chi connectivity index (χ0v) is 20.5. The van der Waals surface area contributed by atoms with Crippen molar-refractivity contribution in [2.45, 2.75) is 43.0 Å². The highest BCUT2D eigenvalue weighted by Crippen LogP contribution is 2.31. The Bertz CT molecular complexity index is 1480. The van der Waals surface area contributed by atoms with E-state index in [0.29, 0.717) is 30.6 Å². The summed E-state index contributed by atoms with van der Waals surface area (Å²) in [7, 11) is 3.03. The smallest absolute Gasteiger partial charge is 0.326 e. The average Bonchev–Trinajstić information content (AvgIpc) is 3.24. The topological polar surface area (TPSA) is 90.9 Å². The number of carbonyl (C=O) groups excluding carboxylic acids is 1. The number of benzene rings is 2. The van der Waals surface area contributed by atoms with E-state index in [0.717, 1.165) is 15.1 Å². The summed E-state index contributed by atoms with van der Waals surface area (Å²) in [5, 5.41) is 2.92. The summed E-state index contributed by atoms with van der Waals surface area (Å²) in [5.74, 6) is -0.0975. The molecule has 1 amide bonds. The predicted molar refractivity (Wildman–Crippen MR) is 135 cm³/mol. The van der Waals surface area contributed by atoms with Crippen LogP contribution in [0.5, 0.6) is 0 Å². The molecule has 0 aliphatic rings. The molecule has 2 aromatic heterocycles. The molecule has 9 heteroatoms. The Morgan fingerprint density at radius 1 is 1.03 bits per heavy atom. The second-order valence-corrected chi connectivity index (χ2v) is 9.48. The number of aromatic nitrogens is 4.